The molecule has 1 aliphatic rings. The van der Waals surface area contributed by atoms with Crippen LogP contribution in [0.25, 0.3) is 10.9 Å². The summed E-state index contributed by atoms with van der Waals surface area (Å²) in [6, 6.07) is 5.53. The number of hydrogen-bond acceptors (Lipinski definition) is 6. The Morgan fingerprint density at radius 1 is 1.18 bits per heavy atom. The highest BCUT2D eigenvalue weighted by Crippen LogP contribution is 2.29. The van der Waals surface area contributed by atoms with E-state index in [9.17, 15) is 4.79 Å². The molecular formula is C20H27ClN4O3. The maximum Gasteiger partial charge on any atom is 0.407 e. The molecule has 0 aliphatic heterocycles. The van der Waals surface area contributed by atoms with Crippen molar-refractivity contribution in [2.45, 2.75) is 64.1 Å². The summed E-state index contributed by atoms with van der Waals surface area (Å²) < 4.78 is 10.7. The SMILES string of the molecule is COc1ccc2nc(Cl)nc(NC3CCCCC3NC(=O)OC(C)(C)C)c2c1. The lowest BCUT2D eigenvalue weighted by molar-refractivity contribution is 0.0488. The molecule has 2 atom stereocenters. The van der Waals surface area contributed by atoms with Gasteiger partial charge in [0.05, 0.1) is 18.7 Å². The Bertz CT molecular complexity index is 853. The van der Waals surface area contributed by atoms with Crippen LogP contribution < -0.4 is 15.4 Å². The Morgan fingerprint density at radius 2 is 1.89 bits per heavy atom. The molecule has 2 N–H and O–H groups in total. The van der Waals surface area contributed by atoms with Crippen LogP contribution in [0.4, 0.5) is 10.6 Å². The molecule has 1 saturated carbocycles. The fraction of sp³-hybridized carbons (Fsp3) is 0.550. The second kappa shape index (κ2) is 8.39. The lowest BCUT2D eigenvalue weighted by Gasteiger charge is -2.34. The van der Waals surface area contributed by atoms with E-state index in [1.807, 2.05) is 39.0 Å². The third kappa shape index (κ3) is 5.16. The monoisotopic (exact) mass is 406 g/mol. The molecule has 1 amide bonds. The molecule has 1 heterocycles. The average Bonchev–Trinajstić information content (AvgIpc) is 2.61. The van der Waals surface area contributed by atoms with Crippen molar-refractivity contribution < 1.29 is 14.3 Å². The number of halogens is 1. The number of alkyl carbamates (subject to hydrolysis) is 1. The molecule has 2 aromatic rings. The maximum atomic E-state index is 12.3. The summed E-state index contributed by atoms with van der Waals surface area (Å²) >= 11 is 6.13. The first-order valence-electron chi connectivity index (χ1n) is 9.52. The number of carbonyl (C=O) groups is 1. The van der Waals surface area contributed by atoms with Gasteiger partial charge in [0.15, 0.2) is 0 Å². The van der Waals surface area contributed by atoms with Crippen LogP contribution in [0.15, 0.2) is 18.2 Å². The minimum Gasteiger partial charge on any atom is -0.497 e. The molecule has 1 aliphatic carbocycles. The molecule has 1 fully saturated rings. The van der Waals surface area contributed by atoms with E-state index in [1.54, 1.807) is 7.11 Å². The molecule has 28 heavy (non-hydrogen) atoms. The second-order valence-electron chi connectivity index (χ2n) is 8.01. The molecule has 0 spiro atoms. The van der Waals surface area contributed by atoms with Gasteiger partial charge in [-0.25, -0.2) is 14.8 Å². The third-order valence-electron chi connectivity index (χ3n) is 4.67. The van der Waals surface area contributed by atoms with Gasteiger partial charge in [0.2, 0.25) is 5.28 Å². The summed E-state index contributed by atoms with van der Waals surface area (Å²) in [6.07, 6.45) is 3.51. The van der Waals surface area contributed by atoms with Crippen LogP contribution in [0.2, 0.25) is 5.28 Å². The molecule has 7 nitrogen and oxygen atoms in total. The zero-order chi connectivity index (χ0) is 20.3. The molecule has 2 unspecified atom stereocenters. The minimum absolute atomic E-state index is 0.0154. The van der Waals surface area contributed by atoms with E-state index in [2.05, 4.69) is 20.6 Å². The summed E-state index contributed by atoms with van der Waals surface area (Å²) in [5, 5.41) is 7.48. The fourth-order valence-corrected chi connectivity index (χ4v) is 3.60. The molecule has 8 heteroatoms. The summed E-state index contributed by atoms with van der Waals surface area (Å²) in [5.41, 5.74) is 0.199. The molecule has 0 radical (unpaired) electrons. The molecule has 0 saturated heterocycles. The predicted molar refractivity (Wildman–Crippen MR) is 110 cm³/mol. The van der Waals surface area contributed by atoms with Gasteiger partial charge in [0.25, 0.3) is 0 Å². The van der Waals surface area contributed by atoms with E-state index in [4.69, 9.17) is 21.1 Å². The van der Waals surface area contributed by atoms with Gasteiger partial charge in [-0.2, -0.15) is 0 Å². The first-order valence-corrected chi connectivity index (χ1v) is 9.90. The fourth-order valence-electron chi connectivity index (χ4n) is 3.43. The first-order chi connectivity index (χ1) is 13.2. The van der Waals surface area contributed by atoms with Crippen molar-refractivity contribution in [3.63, 3.8) is 0 Å². The van der Waals surface area contributed by atoms with Gasteiger partial charge in [-0.1, -0.05) is 12.8 Å². The normalized spacial score (nSPS) is 19.9. The highest BCUT2D eigenvalue weighted by Gasteiger charge is 2.29. The van der Waals surface area contributed by atoms with Crippen LogP contribution in [-0.2, 0) is 4.74 Å². The van der Waals surface area contributed by atoms with Gasteiger partial charge < -0.3 is 20.1 Å². The quantitative estimate of drug-likeness (QED) is 0.725. The molecular weight excluding hydrogens is 380 g/mol. The van der Waals surface area contributed by atoms with Crippen LogP contribution in [0.1, 0.15) is 46.5 Å². The Kier molecular flexibility index (Phi) is 6.13. The topological polar surface area (TPSA) is 85.4 Å². The molecule has 152 valence electrons. The highest BCUT2D eigenvalue weighted by atomic mass is 35.5. The summed E-state index contributed by atoms with van der Waals surface area (Å²) in [7, 11) is 1.62. The average molecular weight is 407 g/mol. The zero-order valence-electron chi connectivity index (χ0n) is 16.7. The molecule has 1 aromatic carbocycles. The number of hydrogen-bond donors (Lipinski definition) is 2. The van der Waals surface area contributed by atoms with Crippen molar-refractivity contribution in [1.82, 2.24) is 15.3 Å². The number of methoxy groups -OCH3 is 1. The summed E-state index contributed by atoms with van der Waals surface area (Å²) in [5.74, 6) is 1.35. The van der Waals surface area contributed by atoms with Crippen LogP contribution >= 0.6 is 11.6 Å². The molecule has 1 aromatic heterocycles. The van der Waals surface area contributed by atoms with Crippen molar-refractivity contribution in [1.29, 1.82) is 0 Å². The molecule has 3 rings (SSSR count). The number of nitrogens with one attached hydrogen (secondary N) is 2. The van der Waals surface area contributed by atoms with Crippen LogP contribution in [0, 0.1) is 0 Å². The predicted octanol–water partition coefficient (Wildman–Crippen LogP) is 4.54. The van der Waals surface area contributed by atoms with Crippen LogP contribution in [0.3, 0.4) is 0 Å². The Labute approximate surface area is 170 Å². The smallest absolute Gasteiger partial charge is 0.407 e. The standard InChI is InChI=1S/C20H27ClN4O3/c1-20(2,3)28-19(26)24-16-8-6-5-7-15(16)22-17-13-11-12(27-4)9-10-14(13)23-18(21)25-17/h9-11,15-16H,5-8H2,1-4H3,(H,24,26)(H,22,23,25). The second-order valence-corrected chi connectivity index (χ2v) is 8.35. The van der Waals surface area contributed by atoms with Gasteiger partial charge in [0, 0.05) is 11.4 Å². The van der Waals surface area contributed by atoms with E-state index >= 15 is 0 Å². The number of nitrogens with zero attached hydrogens (tertiary/aromatic N) is 2. The van der Waals surface area contributed by atoms with E-state index in [-0.39, 0.29) is 17.4 Å². The number of amides is 1. The van der Waals surface area contributed by atoms with E-state index < -0.39 is 11.7 Å². The number of aromatic nitrogens is 2. The van der Waals surface area contributed by atoms with Crippen molar-refractivity contribution in [3.05, 3.63) is 23.5 Å². The zero-order valence-corrected chi connectivity index (χ0v) is 17.5. The van der Waals surface area contributed by atoms with Crippen molar-refractivity contribution in [2.75, 3.05) is 12.4 Å². The van der Waals surface area contributed by atoms with E-state index in [1.165, 1.54) is 0 Å². The largest absolute Gasteiger partial charge is 0.497 e. The van der Waals surface area contributed by atoms with Gasteiger partial charge in [-0.3, -0.25) is 0 Å². The van der Waals surface area contributed by atoms with E-state index in [0.29, 0.717) is 11.6 Å². The number of anilines is 1. The lowest BCUT2D eigenvalue weighted by Crippen LogP contribution is -2.49. The lowest BCUT2D eigenvalue weighted by atomic mass is 9.90. The van der Waals surface area contributed by atoms with Gasteiger partial charge >= 0.3 is 6.09 Å². The number of benzene rings is 1. The maximum absolute atomic E-state index is 12.3. The Morgan fingerprint density at radius 3 is 2.57 bits per heavy atom. The number of carbonyl (C=O) groups excluding carboxylic acids is 1. The Hall–Kier alpha value is -2.28. The van der Waals surface area contributed by atoms with Crippen molar-refractivity contribution >= 4 is 34.4 Å². The summed E-state index contributed by atoms with van der Waals surface area (Å²) in [4.78, 5) is 20.9. The first kappa shape index (κ1) is 20.5. The van der Waals surface area contributed by atoms with E-state index in [0.717, 1.165) is 36.6 Å². The van der Waals surface area contributed by atoms with Gasteiger partial charge in [-0.05, 0) is 63.4 Å². The number of fused-ring (bicyclic) bond motifs is 1. The third-order valence-corrected chi connectivity index (χ3v) is 4.83. The minimum atomic E-state index is -0.533. The van der Waals surface area contributed by atoms with Crippen molar-refractivity contribution in [2.24, 2.45) is 0 Å². The van der Waals surface area contributed by atoms with Crippen LogP contribution in [0.5, 0.6) is 5.75 Å². The highest BCUT2D eigenvalue weighted by molar-refractivity contribution is 6.28. The number of rotatable bonds is 4. The summed E-state index contributed by atoms with van der Waals surface area (Å²) in [6.45, 7) is 5.56. The van der Waals surface area contributed by atoms with Gasteiger partial charge in [-0.15, -0.1) is 0 Å². The molecule has 0 bridgehead atoms. The van der Waals surface area contributed by atoms with Gasteiger partial charge in [0.1, 0.15) is 17.2 Å². The van der Waals surface area contributed by atoms with Crippen molar-refractivity contribution in [3.8, 4) is 5.75 Å². The Balaban J connectivity index is 1.83. The number of ether oxygens (including phenoxy) is 2. The van der Waals surface area contributed by atoms with Crippen LogP contribution in [-0.4, -0.2) is 40.9 Å².